The van der Waals surface area contributed by atoms with Crippen LogP contribution < -0.4 is 10.1 Å². The highest BCUT2D eigenvalue weighted by atomic mass is 16.5. The zero-order valence-electron chi connectivity index (χ0n) is 14.7. The van der Waals surface area contributed by atoms with E-state index in [4.69, 9.17) is 4.74 Å². The first-order chi connectivity index (χ1) is 12.3. The lowest BCUT2D eigenvalue weighted by Gasteiger charge is -2.09. The summed E-state index contributed by atoms with van der Waals surface area (Å²) in [5.41, 5.74) is 5.06. The van der Waals surface area contributed by atoms with Crippen molar-refractivity contribution in [3.63, 3.8) is 0 Å². The predicted octanol–water partition coefficient (Wildman–Crippen LogP) is 5.62. The number of aryl methyl sites for hydroxylation is 2. The van der Waals surface area contributed by atoms with Crippen LogP contribution in [0.15, 0.2) is 78.9 Å². The topological polar surface area (TPSA) is 21.3 Å². The van der Waals surface area contributed by atoms with Crippen molar-refractivity contribution in [2.75, 3.05) is 11.9 Å². The van der Waals surface area contributed by atoms with E-state index in [2.05, 4.69) is 79.0 Å². The van der Waals surface area contributed by atoms with E-state index in [1.165, 1.54) is 16.7 Å². The maximum Gasteiger partial charge on any atom is 0.119 e. The third-order valence-electron chi connectivity index (χ3n) is 4.15. The van der Waals surface area contributed by atoms with Gasteiger partial charge in [0.25, 0.3) is 0 Å². The van der Waals surface area contributed by atoms with Crippen LogP contribution in [0.2, 0.25) is 0 Å². The fourth-order valence-electron chi connectivity index (χ4n) is 2.81. The lowest BCUT2D eigenvalue weighted by Crippen LogP contribution is -2.01. The average Bonchev–Trinajstić information content (AvgIpc) is 2.65. The van der Waals surface area contributed by atoms with Crippen LogP contribution in [0.3, 0.4) is 0 Å². The summed E-state index contributed by atoms with van der Waals surface area (Å²) in [6, 6.07) is 27.3. The normalized spacial score (nSPS) is 10.4. The number of nitrogens with one attached hydrogen (secondary N) is 1. The summed E-state index contributed by atoms with van der Waals surface area (Å²) in [6.07, 6.45) is 2.08. The molecule has 0 aromatic heterocycles. The van der Waals surface area contributed by atoms with E-state index in [-0.39, 0.29) is 0 Å². The molecule has 2 heteroatoms. The Kier molecular flexibility index (Phi) is 6.11. The fraction of sp³-hybridized carbons (Fsp3) is 0.217. The number of rotatable bonds is 8. The van der Waals surface area contributed by atoms with Gasteiger partial charge in [0.2, 0.25) is 0 Å². The third kappa shape index (κ3) is 5.68. The van der Waals surface area contributed by atoms with Crippen molar-refractivity contribution in [1.29, 1.82) is 0 Å². The maximum absolute atomic E-state index is 5.83. The summed E-state index contributed by atoms with van der Waals surface area (Å²) in [5.74, 6) is 0.925. The van der Waals surface area contributed by atoms with Crippen LogP contribution in [0.4, 0.5) is 5.69 Å². The molecule has 128 valence electrons. The van der Waals surface area contributed by atoms with Crippen LogP contribution >= 0.6 is 0 Å². The van der Waals surface area contributed by atoms with E-state index >= 15 is 0 Å². The maximum atomic E-state index is 5.83. The van der Waals surface area contributed by atoms with Crippen LogP contribution in [0, 0.1) is 6.92 Å². The van der Waals surface area contributed by atoms with E-state index in [1.807, 2.05) is 12.1 Å². The molecule has 0 amide bonds. The highest BCUT2D eigenvalue weighted by Gasteiger charge is 1.98. The van der Waals surface area contributed by atoms with E-state index in [1.54, 1.807) is 0 Å². The third-order valence-corrected chi connectivity index (χ3v) is 4.15. The lowest BCUT2D eigenvalue weighted by molar-refractivity contribution is 0.311. The minimum absolute atomic E-state index is 0.741. The molecule has 0 aliphatic rings. The van der Waals surface area contributed by atoms with Crippen molar-refractivity contribution in [3.8, 4) is 5.75 Å². The minimum atomic E-state index is 0.741. The van der Waals surface area contributed by atoms with Gasteiger partial charge in [-0.15, -0.1) is 0 Å². The summed E-state index contributed by atoms with van der Waals surface area (Å²) in [5, 5.41) is 3.45. The fourth-order valence-corrected chi connectivity index (χ4v) is 2.81. The minimum Gasteiger partial charge on any atom is -0.494 e. The molecule has 3 rings (SSSR count). The van der Waals surface area contributed by atoms with Crippen LogP contribution in [0.1, 0.15) is 23.1 Å². The largest absolute Gasteiger partial charge is 0.494 e. The highest BCUT2D eigenvalue weighted by Crippen LogP contribution is 2.17. The second kappa shape index (κ2) is 8.93. The Labute approximate surface area is 150 Å². The molecule has 0 saturated carbocycles. The standard InChI is InChI=1S/C23H25NO/c1-19-7-5-10-21(17-19)18-24-22-12-14-23(15-13-22)25-16-6-11-20-8-3-2-4-9-20/h2-5,7-10,12-15,17,24H,6,11,16,18H2,1H3. The number of ether oxygens (including phenoxy) is 1. The summed E-state index contributed by atoms with van der Waals surface area (Å²) in [7, 11) is 0. The SMILES string of the molecule is Cc1cccc(CNc2ccc(OCCCc3ccccc3)cc2)c1. The molecule has 0 fully saturated rings. The van der Waals surface area contributed by atoms with Gasteiger partial charge in [-0.25, -0.2) is 0 Å². The first kappa shape index (κ1) is 17.1. The van der Waals surface area contributed by atoms with E-state index in [9.17, 15) is 0 Å². The Hall–Kier alpha value is -2.74. The summed E-state index contributed by atoms with van der Waals surface area (Å²) >= 11 is 0. The molecule has 0 heterocycles. The average molecular weight is 331 g/mol. The van der Waals surface area contributed by atoms with Gasteiger partial charge in [0.1, 0.15) is 5.75 Å². The molecule has 3 aromatic carbocycles. The van der Waals surface area contributed by atoms with Crippen LogP contribution in [0.5, 0.6) is 5.75 Å². The van der Waals surface area contributed by atoms with E-state index in [0.29, 0.717) is 0 Å². The van der Waals surface area contributed by atoms with Gasteiger partial charge in [-0.1, -0.05) is 60.2 Å². The molecule has 0 spiro atoms. The molecule has 3 aromatic rings. The highest BCUT2D eigenvalue weighted by molar-refractivity contribution is 5.46. The molecule has 0 unspecified atom stereocenters. The molecule has 0 bridgehead atoms. The van der Waals surface area contributed by atoms with Crippen molar-refractivity contribution in [3.05, 3.63) is 95.6 Å². The summed E-state index contributed by atoms with van der Waals surface area (Å²) < 4.78 is 5.83. The molecule has 0 radical (unpaired) electrons. The van der Waals surface area contributed by atoms with Gasteiger partial charge in [-0.05, 0) is 55.2 Å². The molecule has 0 aliphatic carbocycles. The smallest absolute Gasteiger partial charge is 0.119 e. The van der Waals surface area contributed by atoms with Crippen LogP contribution in [0.25, 0.3) is 0 Å². The Morgan fingerprint density at radius 1 is 0.800 bits per heavy atom. The summed E-state index contributed by atoms with van der Waals surface area (Å²) in [6.45, 7) is 3.69. The second-order valence-corrected chi connectivity index (χ2v) is 6.30. The summed E-state index contributed by atoms with van der Waals surface area (Å²) in [4.78, 5) is 0. The van der Waals surface area contributed by atoms with Gasteiger partial charge < -0.3 is 10.1 Å². The van der Waals surface area contributed by atoms with Gasteiger partial charge >= 0.3 is 0 Å². The predicted molar refractivity (Wildman–Crippen MR) is 105 cm³/mol. The van der Waals surface area contributed by atoms with Gasteiger partial charge in [0.05, 0.1) is 6.61 Å². The Balaban J connectivity index is 1.41. The molecule has 25 heavy (non-hydrogen) atoms. The Bertz CT molecular complexity index is 766. The number of benzene rings is 3. The first-order valence-electron chi connectivity index (χ1n) is 8.86. The van der Waals surface area contributed by atoms with Crippen LogP contribution in [-0.4, -0.2) is 6.61 Å². The molecule has 0 saturated heterocycles. The van der Waals surface area contributed by atoms with Crippen molar-refractivity contribution >= 4 is 5.69 Å². The number of anilines is 1. The second-order valence-electron chi connectivity index (χ2n) is 6.30. The van der Waals surface area contributed by atoms with Crippen LogP contribution in [-0.2, 0) is 13.0 Å². The van der Waals surface area contributed by atoms with Crippen molar-refractivity contribution < 1.29 is 4.74 Å². The zero-order chi connectivity index (χ0) is 17.3. The van der Waals surface area contributed by atoms with Gasteiger partial charge in [0, 0.05) is 12.2 Å². The number of hydrogen-bond donors (Lipinski definition) is 1. The Morgan fingerprint density at radius 2 is 1.56 bits per heavy atom. The van der Waals surface area contributed by atoms with Gasteiger partial charge in [0.15, 0.2) is 0 Å². The zero-order valence-corrected chi connectivity index (χ0v) is 14.7. The van der Waals surface area contributed by atoms with Crippen molar-refractivity contribution in [2.45, 2.75) is 26.3 Å². The molecule has 1 N–H and O–H groups in total. The van der Waals surface area contributed by atoms with Crippen molar-refractivity contribution in [1.82, 2.24) is 0 Å². The quantitative estimate of drug-likeness (QED) is 0.541. The van der Waals surface area contributed by atoms with E-state index < -0.39 is 0 Å². The van der Waals surface area contributed by atoms with Gasteiger partial charge in [-0.2, -0.15) is 0 Å². The lowest BCUT2D eigenvalue weighted by atomic mass is 10.1. The monoisotopic (exact) mass is 331 g/mol. The number of hydrogen-bond acceptors (Lipinski definition) is 2. The molecule has 0 atom stereocenters. The molecular weight excluding hydrogens is 306 g/mol. The van der Waals surface area contributed by atoms with E-state index in [0.717, 1.165) is 37.4 Å². The molecule has 0 aliphatic heterocycles. The first-order valence-corrected chi connectivity index (χ1v) is 8.86. The molecular formula is C23H25NO. The molecule has 2 nitrogen and oxygen atoms in total. The Morgan fingerprint density at radius 3 is 2.32 bits per heavy atom. The van der Waals surface area contributed by atoms with Crippen molar-refractivity contribution in [2.24, 2.45) is 0 Å². The van der Waals surface area contributed by atoms with Gasteiger partial charge in [-0.3, -0.25) is 0 Å².